The summed E-state index contributed by atoms with van der Waals surface area (Å²) in [5.41, 5.74) is 3.08. The zero-order chi connectivity index (χ0) is 14.1. The Labute approximate surface area is 126 Å². The van der Waals surface area contributed by atoms with Gasteiger partial charge in [0.05, 0.1) is 4.88 Å². The van der Waals surface area contributed by atoms with E-state index in [0.29, 0.717) is 6.42 Å². The molecule has 0 saturated heterocycles. The molecule has 0 spiro atoms. The summed E-state index contributed by atoms with van der Waals surface area (Å²) >= 11 is 3.56. The van der Waals surface area contributed by atoms with Gasteiger partial charge in [-0.2, -0.15) is 11.8 Å². The second-order valence-electron chi connectivity index (χ2n) is 5.03. The number of Topliss-reactive ketones (excluding diaryl/α,β-unsaturated/α-hetero) is 1. The molecule has 104 valence electrons. The molecule has 1 aliphatic heterocycles. The quantitative estimate of drug-likeness (QED) is 0.781. The van der Waals surface area contributed by atoms with Crippen molar-refractivity contribution in [1.29, 1.82) is 0 Å². The van der Waals surface area contributed by atoms with Crippen LogP contribution in [0.3, 0.4) is 0 Å². The lowest BCUT2D eigenvalue weighted by molar-refractivity contribution is 0.0996. The van der Waals surface area contributed by atoms with Gasteiger partial charge in [0, 0.05) is 17.1 Å². The molecule has 1 aromatic heterocycles. The minimum absolute atomic E-state index is 0.143. The highest BCUT2D eigenvalue weighted by molar-refractivity contribution is 7.98. The Morgan fingerprint density at radius 2 is 2.20 bits per heavy atom. The first kappa shape index (κ1) is 13.8. The number of hydrogen-bond acceptors (Lipinski definition) is 3. The average Bonchev–Trinajstić information content (AvgIpc) is 2.86. The summed E-state index contributed by atoms with van der Waals surface area (Å²) < 4.78 is 13.1. The second kappa shape index (κ2) is 5.70. The van der Waals surface area contributed by atoms with Crippen LogP contribution in [0.1, 0.15) is 31.2 Å². The highest BCUT2D eigenvalue weighted by Crippen LogP contribution is 2.32. The van der Waals surface area contributed by atoms with Crippen molar-refractivity contribution in [3.05, 3.63) is 56.5 Å². The van der Waals surface area contributed by atoms with Gasteiger partial charge in [-0.3, -0.25) is 4.79 Å². The Balaban J connectivity index is 1.80. The lowest BCUT2D eigenvalue weighted by atomic mass is 10.0. The lowest BCUT2D eigenvalue weighted by Crippen LogP contribution is -2.03. The number of ketones is 1. The molecule has 0 radical (unpaired) electrons. The normalized spacial score (nSPS) is 14.1. The van der Waals surface area contributed by atoms with E-state index in [4.69, 9.17) is 0 Å². The van der Waals surface area contributed by atoms with Gasteiger partial charge in [0.15, 0.2) is 5.78 Å². The molecule has 0 bridgehead atoms. The molecule has 2 heterocycles. The fraction of sp³-hybridized carbons (Fsp3) is 0.312. The van der Waals surface area contributed by atoms with Crippen LogP contribution in [0.4, 0.5) is 4.39 Å². The second-order valence-corrected chi connectivity index (χ2v) is 7.27. The number of aryl methyl sites for hydroxylation is 2. The molecule has 4 heteroatoms. The minimum atomic E-state index is -0.248. The van der Waals surface area contributed by atoms with E-state index in [9.17, 15) is 9.18 Å². The summed E-state index contributed by atoms with van der Waals surface area (Å²) in [6, 6.07) is 6.67. The first-order valence-corrected chi connectivity index (χ1v) is 8.58. The van der Waals surface area contributed by atoms with Crippen molar-refractivity contribution in [2.75, 3.05) is 5.75 Å². The predicted octanol–water partition coefficient (Wildman–Crippen LogP) is 4.41. The van der Waals surface area contributed by atoms with Crippen LogP contribution in [-0.4, -0.2) is 11.5 Å². The Hall–Kier alpha value is -1.13. The number of hydrogen-bond donors (Lipinski definition) is 0. The van der Waals surface area contributed by atoms with E-state index in [-0.39, 0.29) is 11.6 Å². The van der Waals surface area contributed by atoms with Crippen molar-refractivity contribution >= 4 is 28.9 Å². The van der Waals surface area contributed by atoms with Gasteiger partial charge in [0.25, 0.3) is 0 Å². The molecule has 1 aromatic carbocycles. The van der Waals surface area contributed by atoms with Crippen LogP contribution in [0.2, 0.25) is 0 Å². The van der Waals surface area contributed by atoms with Gasteiger partial charge in [0.1, 0.15) is 5.82 Å². The Morgan fingerprint density at radius 3 is 2.95 bits per heavy atom. The zero-order valence-corrected chi connectivity index (χ0v) is 12.9. The fourth-order valence-electron chi connectivity index (χ4n) is 2.40. The molecule has 0 saturated carbocycles. The van der Waals surface area contributed by atoms with E-state index in [1.165, 1.54) is 22.6 Å². The van der Waals surface area contributed by atoms with E-state index < -0.39 is 0 Å². The number of thiophene rings is 1. The predicted molar refractivity (Wildman–Crippen MR) is 83.4 cm³/mol. The Bertz CT molecular complexity index is 637. The molecule has 0 fully saturated rings. The van der Waals surface area contributed by atoms with Gasteiger partial charge in [-0.25, -0.2) is 4.39 Å². The molecule has 0 aliphatic carbocycles. The van der Waals surface area contributed by atoms with Crippen LogP contribution in [0, 0.1) is 12.7 Å². The molecule has 1 aliphatic rings. The first-order valence-electron chi connectivity index (χ1n) is 6.61. The third kappa shape index (κ3) is 2.81. The van der Waals surface area contributed by atoms with E-state index in [1.807, 2.05) is 24.8 Å². The van der Waals surface area contributed by atoms with Gasteiger partial charge in [0.2, 0.25) is 0 Å². The van der Waals surface area contributed by atoms with E-state index in [0.717, 1.165) is 33.9 Å². The number of halogens is 1. The van der Waals surface area contributed by atoms with Crippen LogP contribution in [0.25, 0.3) is 0 Å². The summed E-state index contributed by atoms with van der Waals surface area (Å²) in [6.45, 7) is 1.85. The molecule has 0 N–H and O–H groups in total. The van der Waals surface area contributed by atoms with E-state index >= 15 is 0 Å². The van der Waals surface area contributed by atoms with Crippen LogP contribution < -0.4 is 0 Å². The van der Waals surface area contributed by atoms with E-state index in [2.05, 4.69) is 0 Å². The van der Waals surface area contributed by atoms with Crippen molar-refractivity contribution in [1.82, 2.24) is 0 Å². The highest BCUT2D eigenvalue weighted by atomic mass is 32.2. The third-order valence-corrected chi connectivity index (χ3v) is 5.84. The largest absolute Gasteiger partial charge is 0.293 e. The molecule has 0 amide bonds. The SMILES string of the molecule is Cc1cc(F)ccc1CC(=O)c1cc2c(s1)CCSC2. The summed E-state index contributed by atoms with van der Waals surface area (Å²) in [5, 5.41) is 0. The summed E-state index contributed by atoms with van der Waals surface area (Å²) in [4.78, 5) is 14.6. The van der Waals surface area contributed by atoms with Gasteiger partial charge in [-0.1, -0.05) is 6.07 Å². The molecule has 2 aromatic rings. The lowest BCUT2D eigenvalue weighted by Gasteiger charge is -2.08. The maximum Gasteiger partial charge on any atom is 0.177 e. The molecular weight excluding hydrogens is 291 g/mol. The number of carbonyl (C=O) groups is 1. The van der Waals surface area contributed by atoms with Gasteiger partial charge >= 0.3 is 0 Å². The highest BCUT2D eigenvalue weighted by Gasteiger charge is 2.18. The Morgan fingerprint density at radius 1 is 1.35 bits per heavy atom. The van der Waals surface area contributed by atoms with Crippen molar-refractivity contribution in [2.24, 2.45) is 0 Å². The molecule has 3 rings (SSSR count). The number of fused-ring (bicyclic) bond motifs is 1. The van der Waals surface area contributed by atoms with Gasteiger partial charge in [-0.05, 0) is 54.0 Å². The zero-order valence-electron chi connectivity index (χ0n) is 11.2. The van der Waals surface area contributed by atoms with Crippen molar-refractivity contribution in [3.63, 3.8) is 0 Å². The number of thioether (sulfide) groups is 1. The smallest absolute Gasteiger partial charge is 0.177 e. The standard InChI is InChI=1S/C16H15FOS2/c1-10-6-13(17)3-2-11(10)7-14(18)16-8-12-9-19-5-4-15(12)20-16/h2-3,6,8H,4-5,7,9H2,1H3. The number of benzene rings is 1. The van der Waals surface area contributed by atoms with Crippen molar-refractivity contribution < 1.29 is 9.18 Å². The van der Waals surface area contributed by atoms with E-state index in [1.54, 1.807) is 17.4 Å². The monoisotopic (exact) mass is 306 g/mol. The molecule has 20 heavy (non-hydrogen) atoms. The molecule has 0 unspecified atom stereocenters. The Kier molecular flexibility index (Phi) is 3.94. The number of rotatable bonds is 3. The van der Waals surface area contributed by atoms with Gasteiger partial charge in [-0.15, -0.1) is 11.3 Å². The molecule has 0 atom stereocenters. The first-order chi connectivity index (χ1) is 9.63. The van der Waals surface area contributed by atoms with Gasteiger partial charge < -0.3 is 0 Å². The summed E-state index contributed by atoms with van der Waals surface area (Å²) in [7, 11) is 0. The van der Waals surface area contributed by atoms with Crippen LogP contribution in [-0.2, 0) is 18.6 Å². The summed E-state index contributed by atoms with van der Waals surface area (Å²) in [5.74, 6) is 2.07. The molecule has 1 nitrogen and oxygen atoms in total. The van der Waals surface area contributed by atoms with Crippen molar-refractivity contribution in [2.45, 2.75) is 25.5 Å². The maximum absolute atomic E-state index is 13.1. The maximum atomic E-state index is 13.1. The topological polar surface area (TPSA) is 17.1 Å². The summed E-state index contributed by atoms with van der Waals surface area (Å²) in [6.07, 6.45) is 1.44. The van der Waals surface area contributed by atoms with Crippen LogP contribution in [0.15, 0.2) is 24.3 Å². The molecular formula is C16H15FOS2. The van der Waals surface area contributed by atoms with Crippen molar-refractivity contribution in [3.8, 4) is 0 Å². The van der Waals surface area contributed by atoms with Crippen LogP contribution >= 0.6 is 23.1 Å². The number of carbonyl (C=O) groups excluding carboxylic acids is 1. The fourth-order valence-corrected chi connectivity index (χ4v) is 4.71. The average molecular weight is 306 g/mol. The van der Waals surface area contributed by atoms with Crippen LogP contribution in [0.5, 0.6) is 0 Å². The third-order valence-electron chi connectivity index (χ3n) is 3.56. The minimum Gasteiger partial charge on any atom is -0.293 e.